The third kappa shape index (κ3) is 2.83. The van der Waals surface area contributed by atoms with Gasteiger partial charge < -0.3 is 0 Å². The second-order valence-corrected chi connectivity index (χ2v) is 7.82. The summed E-state index contributed by atoms with van der Waals surface area (Å²) in [5, 5.41) is 0.330. The molecule has 6 heteroatoms. The number of benzene rings is 1. The molecule has 1 heterocycles. The van der Waals surface area contributed by atoms with Gasteiger partial charge in [0.15, 0.2) is 9.84 Å². The van der Waals surface area contributed by atoms with Crippen molar-refractivity contribution in [3.63, 3.8) is 0 Å². The first kappa shape index (κ1) is 13.3. The summed E-state index contributed by atoms with van der Waals surface area (Å²) < 4.78 is 36.5. The fraction of sp³-hybridized carbons (Fsp3) is 0.455. The SMILES string of the molecule is O=S1(=O)CCC(C(Br)c2c(F)cccc2Cl)C1. The standard InChI is InChI=1S/C11H11BrClFO2S/c12-11(7-4-5-17(15,16)6-7)10-8(13)2-1-3-9(10)14/h1-3,7,11H,4-6H2. The third-order valence-electron chi connectivity index (χ3n) is 2.96. The highest BCUT2D eigenvalue weighted by Gasteiger charge is 2.35. The molecule has 1 fully saturated rings. The monoisotopic (exact) mass is 340 g/mol. The largest absolute Gasteiger partial charge is 0.229 e. The predicted molar refractivity (Wildman–Crippen MR) is 69.8 cm³/mol. The van der Waals surface area contributed by atoms with Crippen LogP contribution >= 0.6 is 27.5 Å². The van der Waals surface area contributed by atoms with E-state index in [1.165, 1.54) is 12.1 Å². The Morgan fingerprint density at radius 1 is 1.47 bits per heavy atom. The molecule has 1 aromatic rings. The Kier molecular flexibility index (Phi) is 3.80. The van der Waals surface area contributed by atoms with E-state index in [0.717, 1.165) is 0 Å². The number of rotatable bonds is 2. The van der Waals surface area contributed by atoms with Gasteiger partial charge in [-0.25, -0.2) is 12.8 Å². The van der Waals surface area contributed by atoms with Crippen molar-refractivity contribution in [1.29, 1.82) is 0 Å². The Balaban J connectivity index is 2.29. The Hall–Kier alpha value is -0.130. The van der Waals surface area contributed by atoms with Gasteiger partial charge in [-0.2, -0.15) is 0 Å². The summed E-state index contributed by atoms with van der Waals surface area (Å²) in [5.74, 6) is -0.252. The summed E-state index contributed by atoms with van der Waals surface area (Å²) >= 11 is 9.33. The first-order chi connectivity index (χ1) is 7.91. The van der Waals surface area contributed by atoms with Crippen LogP contribution in [0.4, 0.5) is 4.39 Å². The fourth-order valence-electron chi connectivity index (χ4n) is 2.06. The highest BCUT2D eigenvalue weighted by atomic mass is 79.9. The summed E-state index contributed by atoms with van der Waals surface area (Å²) in [6.45, 7) is 0. The van der Waals surface area contributed by atoms with Gasteiger partial charge in [0, 0.05) is 15.4 Å². The molecule has 0 spiro atoms. The molecular weight excluding hydrogens is 331 g/mol. The van der Waals surface area contributed by atoms with Crippen LogP contribution in [0.1, 0.15) is 16.8 Å². The minimum absolute atomic E-state index is 0.0909. The second-order valence-electron chi connectivity index (χ2n) is 4.20. The molecule has 0 aromatic heterocycles. The van der Waals surface area contributed by atoms with Crippen molar-refractivity contribution >= 4 is 37.4 Å². The van der Waals surface area contributed by atoms with Crippen LogP contribution in [0.5, 0.6) is 0 Å². The highest BCUT2D eigenvalue weighted by molar-refractivity contribution is 9.09. The highest BCUT2D eigenvalue weighted by Crippen LogP contribution is 2.41. The quantitative estimate of drug-likeness (QED) is 0.773. The van der Waals surface area contributed by atoms with Gasteiger partial charge in [-0.15, -0.1) is 0 Å². The molecule has 1 saturated heterocycles. The van der Waals surface area contributed by atoms with Gasteiger partial charge in [0.05, 0.1) is 11.5 Å². The zero-order valence-electron chi connectivity index (χ0n) is 8.87. The maximum absolute atomic E-state index is 13.7. The number of hydrogen-bond acceptors (Lipinski definition) is 2. The number of hydrogen-bond donors (Lipinski definition) is 0. The molecule has 0 radical (unpaired) electrons. The van der Waals surface area contributed by atoms with Crippen molar-refractivity contribution < 1.29 is 12.8 Å². The van der Waals surface area contributed by atoms with E-state index in [9.17, 15) is 12.8 Å². The van der Waals surface area contributed by atoms with Crippen LogP contribution in [0.15, 0.2) is 18.2 Å². The van der Waals surface area contributed by atoms with Crippen LogP contribution in [-0.2, 0) is 9.84 Å². The zero-order valence-corrected chi connectivity index (χ0v) is 12.0. The van der Waals surface area contributed by atoms with Gasteiger partial charge in [-0.3, -0.25) is 0 Å². The molecule has 2 unspecified atom stereocenters. The average molecular weight is 342 g/mol. The maximum atomic E-state index is 13.7. The van der Waals surface area contributed by atoms with E-state index >= 15 is 0 Å². The Morgan fingerprint density at radius 3 is 2.71 bits per heavy atom. The lowest BCUT2D eigenvalue weighted by atomic mass is 9.98. The summed E-state index contributed by atoms with van der Waals surface area (Å²) in [5.41, 5.74) is 0.358. The van der Waals surface area contributed by atoms with Crippen molar-refractivity contribution in [2.75, 3.05) is 11.5 Å². The van der Waals surface area contributed by atoms with Crippen LogP contribution in [0.2, 0.25) is 5.02 Å². The number of halogens is 3. The Labute approximate surface area is 113 Å². The van der Waals surface area contributed by atoms with Crippen molar-refractivity contribution in [2.24, 2.45) is 5.92 Å². The van der Waals surface area contributed by atoms with Gasteiger partial charge >= 0.3 is 0 Å². The molecular formula is C11H11BrClFO2S. The summed E-state index contributed by atoms with van der Waals surface area (Å²) in [7, 11) is -2.97. The lowest BCUT2D eigenvalue weighted by Crippen LogP contribution is -2.11. The Bertz CT molecular complexity index is 512. The summed E-state index contributed by atoms with van der Waals surface area (Å²) in [6, 6.07) is 4.48. The van der Waals surface area contributed by atoms with E-state index < -0.39 is 15.7 Å². The first-order valence-corrected chi connectivity index (χ1v) is 8.30. The second kappa shape index (κ2) is 4.86. The van der Waals surface area contributed by atoms with E-state index in [2.05, 4.69) is 15.9 Å². The van der Waals surface area contributed by atoms with Gasteiger partial charge in [-0.05, 0) is 24.5 Å². The average Bonchev–Trinajstić information content (AvgIpc) is 2.58. The zero-order chi connectivity index (χ0) is 12.6. The molecule has 0 amide bonds. The van der Waals surface area contributed by atoms with Crippen LogP contribution in [0, 0.1) is 11.7 Å². The molecule has 0 bridgehead atoms. The van der Waals surface area contributed by atoms with Crippen LogP contribution in [0.25, 0.3) is 0 Å². The normalized spacial score (nSPS) is 24.8. The van der Waals surface area contributed by atoms with Gasteiger partial charge in [0.25, 0.3) is 0 Å². The van der Waals surface area contributed by atoms with Gasteiger partial charge in [-0.1, -0.05) is 33.6 Å². The minimum atomic E-state index is -2.97. The summed E-state index contributed by atoms with van der Waals surface area (Å²) in [6.07, 6.45) is 0.545. The third-order valence-corrected chi connectivity index (χ3v) is 6.29. The molecule has 1 aromatic carbocycles. The molecule has 0 aliphatic carbocycles. The topological polar surface area (TPSA) is 34.1 Å². The lowest BCUT2D eigenvalue weighted by Gasteiger charge is -2.18. The van der Waals surface area contributed by atoms with E-state index in [0.29, 0.717) is 17.0 Å². The smallest absolute Gasteiger partial charge is 0.150 e. The van der Waals surface area contributed by atoms with E-state index in [4.69, 9.17) is 11.6 Å². The first-order valence-electron chi connectivity index (χ1n) is 5.19. The van der Waals surface area contributed by atoms with Gasteiger partial charge in [0.2, 0.25) is 0 Å². The molecule has 2 atom stereocenters. The van der Waals surface area contributed by atoms with Crippen LogP contribution in [0.3, 0.4) is 0 Å². The van der Waals surface area contributed by atoms with E-state index in [-0.39, 0.29) is 22.3 Å². The van der Waals surface area contributed by atoms with E-state index in [1.54, 1.807) is 6.07 Å². The van der Waals surface area contributed by atoms with Crippen LogP contribution < -0.4 is 0 Å². The van der Waals surface area contributed by atoms with Crippen molar-refractivity contribution in [2.45, 2.75) is 11.2 Å². The molecule has 1 aliphatic heterocycles. The molecule has 1 aliphatic rings. The van der Waals surface area contributed by atoms with Crippen molar-refractivity contribution in [3.8, 4) is 0 Å². The Morgan fingerprint density at radius 2 is 2.18 bits per heavy atom. The fourth-order valence-corrected chi connectivity index (χ4v) is 5.48. The van der Waals surface area contributed by atoms with E-state index in [1.807, 2.05) is 0 Å². The minimum Gasteiger partial charge on any atom is -0.229 e. The molecule has 2 nitrogen and oxygen atoms in total. The number of sulfone groups is 1. The van der Waals surface area contributed by atoms with Crippen molar-refractivity contribution in [3.05, 3.63) is 34.6 Å². The molecule has 17 heavy (non-hydrogen) atoms. The van der Waals surface area contributed by atoms with Crippen LogP contribution in [-0.4, -0.2) is 19.9 Å². The van der Waals surface area contributed by atoms with Crippen molar-refractivity contribution in [1.82, 2.24) is 0 Å². The molecule has 2 rings (SSSR count). The number of alkyl halides is 1. The maximum Gasteiger partial charge on any atom is 0.150 e. The summed E-state index contributed by atoms with van der Waals surface area (Å²) in [4.78, 5) is -0.353. The molecule has 0 N–H and O–H groups in total. The van der Waals surface area contributed by atoms with Gasteiger partial charge in [0.1, 0.15) is 5.82 Å². The lowest BCUT2D eigenvalue weighted by molar-refractivity contribution is 0.546. The predicted octanol–water partition coefficient (Wildman–Crippen LogP) is 3.35. The molecule has 94 valence electrons. The molecule has 0 saturated carbocycles.